The number of rotatable bonds is 2. The van der Waals surface area contributed by atoms with Crippen LogP contribution in [-0.4, -0.2) is 28.1 Å². The van der Waals surface area contributed by atoms with E-state index in [1.165, 1.54) is 0 Å². The zero-order valence-corrected chi connectivity index (χ0v) is 16.8. The largest absolute Gasteiger partial charge is 0.311 e. The Morgan fingerprint density at radius 1 is 1.14 bits per heavy atom. The first-order chi connectivity index (χ1) is 14.0. The van der Waals surface area contributed by atoms with Crippen LogP contribution in [0.3, 0.4) is 0 Å². The Hall–Kier alpha value is -3.12. The zero-order chi connectivity index (χ0) is 20.3. The first-order valence-electron chi connectivity index (χ1n) is 9.53. The number of nitrogens with zero attached hydrogens (tertiary/aromatic N) is 3. The maximum Gasteiger partial charge on any atom is 0.242 e. The van der Waals surface area contributed by atoms with Crippen LogP contribution in [0, 0.1) is 6.92 Å². The van der Waals surface area contributed by atoms with Crippen LogP contribution in [0.2, 0.25) is 5.02 Å². The zero-order valence-electron chi connectivity index (χ0n) is 16.1. The van der Waals surface area contributed by atoms with Crippen molar-refractivity contribution in [2.75, 3.05) is 16.8 Å². The molecule has 0 unspecified atom stereocenters. The SMILES string of the molecule is CCN1C(=O)[C@@]2(CC(=O)Nc3c2cnn3-c2ccc(Cl)cc2)c2cccc(C)c21. The van der Waals surface area contributed by atoms with Crippen LogP contribution in [-0.2, 0) is 15.0 Å². The van der Waals surface area contributed by atoms with Gasteiger partial charge in [-0.15, -0.1) is 0 Å². The molecule has 1 atom stereocenters. The fourth-order valence-electron chi connectivity index (χ4n) is 4.61. The van der Waals surface area contributed by atoms with Crippen molar-refractivity contribution in [1.29, 1.82) is 0 Å². The molecule has 2 aromatic carbocycles. The van der Waals surface area contributed by atoms with E-state index in [-0.39, 0.29) is 18.2 Å². The number of nitrogens with one attached hydrogen (secondary N) is 1. The van der Waals surface area contributed by atoms with Gasteiger partial charge in [-0.25, -0.2) is 4.68 Å². The molecule has 0 saturated carbocycles. The van der Waals surface area contributed by atoms with E-state index >= 15 is 0 Å². The molecule has 1 N–H and O–H groups in total. The molecule has 3 heterocycles. The second kappa shape index (κ2) is 6.19. The molecule has 0 fully saturated rings. The molecule has 6 nitrogen and oxygen atoms in total. The molecule has 0 aliphatic carbocycles. The van der Waals surface area contributed by atoms with Crippen molar-refractivity contribution in [2.24, 2.45) is 0 Å². The summed E-state index contributed by atoms with van der Waals surface area (Å²) in [5.74, 6) is 0.255. The number of benzene rings is 2. The molecule has 2 aliphatic rings. The quantitative estimate of drug-likeness (QED) is 0.703. The maximum absolute atomic E-state index is 13.7. The molecular weight excluding hydrogens is 388 g/mol. The van der Waals surface area contributed by atoms with Gasteiger partial charge in [0.1, 0.15) is 11.2 Å². The molecule has 1 aromatic heterocycles. The van der Waals surface area contributed by atoms with E-state index in [9.17, 15) is 9.59 Å². The minimum absolute atomic E-state index is 0.0676. The molecule has 2 amide bonds. The Balaban J connectivity index is 1.78. The summed E-state index contributed by atoms with van der Waals surface area (Å²) in [5.41, 5.74) is 3.22. The van der Waals surface area contributed by atoms with Gasteiger partial charge in [-0.2, -0.15) is 5.10 Å². The predicted molar refractivity (Wildman–Crippen MR) is 112 cm³/mol. The third-order valence-electron chi connectivity index (χ3n) is 5.88. The molecule has 2 aliphatic heterocycles. The van der Waals surface area contributed by atoms with Crippen LogP contribution >= 0.6 is 11.6 Å². The summed E-state index contributed by atoms with van der Waals surface area (Å²) in [4.78, 5) is 28.3. The highest BCUT2D eigenvalue weighted by atomic mass is 35.5. The maximum atomic E-state index is 13.7. The summed E-state index contributed by atoms with van der Waals surface area (Å²) in [7, 11) is 0. The van der Waals surface area contributed by atoms with Crippen molar-refractivity contribution >= 4 is 34.9 Å². The average molecular weight is 407 g/mol. The Kier molecular flexibility index (Phi) is 3.83. The van der Waals surface area contributed by atoms with Gasteiger partial charge in [0.05, 0.1) is 17.6 Å². The number of para-hydroxylation sites is 1. The number of likely N-dealkylation sites (N-methyl/N-ethyl adjacent to an activating group) is 1. The van der Waals surface area contributed by atoms with Gasteiger partial charge in [-0.1, -0.05) is 29.8 Å². The van der Waals surface area contributed by atoms with E-state index < -0.39 is 5.41 Å². The van der Waals surface area contributed by atoms with Crippen molar-refractivity contribution < 1.29 is 9.59 Å². The summed E-state index contributed by atoms with van der Waals surface area (Å²) < 4.78 is 1.65. The van der Waals surface area contributed by atoms with Gasteiger partial charge >= 0.3 is 0 Å². The monoisotopic (exact) mass is 406 g/mol. The second-order valence-electron chi connectivity index (χ2n) is 7.45. The third-order valence-corrected chi connectivity index (χ3v) is 6.13. The van der Waals surface area contributed by atoms with Gasteiger partial charge in [0, 0.05) is 23.6 Å². The minimum atomic E-state index is -1.06. The fourth-order valence-corrected chi connectivity index (χ4v) is 4.74. The number of amides is 2. The number of hydrogen-bond acceptors (Lipinski definition) is 3. The van der Waals surface area contributed by atoms with Crippen molar-refractivity contribution in [2.45, 2.75) is 25.7 Å². The number of carbonyl (C=O) groups excluding carboxylic acids is 2. The molecule has 5 rings (SSSR count). The first-order valence-corrected chi connectivity index (χ1v) is 9.91. The summed E-state index contributed by atoms with van der Waals surface area (Å²) >= 11 is 6.01. The van der Waals surface area contributed by atoms with Gasteiger partial charge in [-0.3, -0.25) is 9.59 Å². The molecule has 29 heavy (non-hydrogen) atoms. The van der Waals surface area contributed by atoms with Crippen molar-refractivity contribution in [1.82, 2.24) is 9.78 Å². The predicted octanol–water partition coefficient (Wildman–Crippen LogP) is 3.83. The van der Waals surface area contributed by atoms with Crippen LogP contribution < -0.4 is 10.2 Å². The van der Waals surface area contributed by atoms with Gasteiger partial charge < -0.3 is 10.2 Å². The van der Waals surface area contributed by atoms with E-state index in [0.29, 0.717) is 17.4 Å². The molecule has 146 valence electrons. The number of fused-ring (bicyclic) bond motifs is 4. The molecule has 0 saturated heterocycles. The summed E-state index contributed by atoms with van der Waals surface area (Å²) in [6, 6.07) is 13.1. The van der Waals surface area contributed by atoms with Gasteiger partial charge in [0.2, 0.25) is 11.8 Å². The number of aryl methyl sites for hydroxylation is 1. The van der Waals surface area contributed by atoms with Crippen molar-refractivity contribution in [3.8, 4) is 5.69 Å². The molecule has 0 bridgehead atoms. The van der Waals surface area contributed by atoms with Crippen LogP contribution in [0.25, 0.3) is 5.69 Å². The van der Waals surface area contributed by atoms with E-state index in [0.717, 1.165) is 28.1 Å². The second-order valence-corrected chi connectivity index (χ2v) is 7.88. The van der Waals surface area contributed by atoms with E-state index in [2.05, 4.69) is 10.4 Å². The molecule has 0 radical (unpaired) electrons. The Bertz CT molecular complexity index is 1170. The number of carbonyl (C=O) groups is 2. The number of aromatic nitrogens is 2. The molecule has 7 heteroatoms. The van der Waals surface area contributed by atoms with E-state index in [4.69, 9.17) is 11.6 Å². The third kappa shape index (κ3) is 2.32. The lowest BCUT2D eigenvalue weighted by atomic mass is 9.71. The summed E-state index contributed by atoms with van der Waals surface area (Å²) in [5, 5.41) is 8.06. The van der Waals surface area contributed by atoms with Crippen molar-refractivity contribution in [3.63, 3.8) is 0 Å². The lowest BCUT2D eigenvalue weighted by molar-refractivity contribution is -0.126. The molecular formula is C22H19ClN4O2. The standard InChI is InChI=1S/C22H19ClN4O2/c1-3-26-19-13(2)5-4-6-16(19)22(21(26)29)11-18(28)25-20-17(22)12-24-27(20)15-9-7-14(23)8-10-15/h4-10,12H,3,11H2,1-2H3,(H,25,28)/t22-/m0/s1. The lowest BCUT2D eigenvalue weighted by Crippen LogP contribution is -2.46. The average Bonchev–Trinajstić information content (AvgIpc) is 3.22. The lowest BCUT2D eigenvalue weighted by Gasteiger charge is -2.32. The van der Waals surface area contributed by atoms with Crippen LogP contribution in [0.4, 0.5) is 11.5 Å². The van der Waals surface area contributed by atoms with Crippen molar-refractivity contribution in [3.05, 3.63) is 70.4 Å². The number of hydrogen-bond donors (Lipinski definition) is 1. The van der Waals surface area contributed by atoms with Gasteiger partial charge in [0.25, 0.3) is 0 Å². The Morgan fingerprint density at radius 2 is 1.90 bits per heavy atom. The first kappa shape index (κ1) is 17.9. The van der Waals surface area contributed by atoms with Crippen LogP contribution in [0.15, 0.2) is 48.7 Å². The molecule has 1 spiro atoms. The number of anilines is 2. The summed E-state index contributed by atoms with van der Waals surface area (Å²) in [6.07, 6.45) is 1.77. The number of halogens is 1. The van der Waals surface area contributed by atoms with E-state index in [1.807, 2.05) is 44.2 Å². The highest BCUT2D eigenvalue weighted by molar-refractivity contribution is 6.30. The van der Waals surface area contributed by atoms with Gasteiger partial charge in [0.15, 0.2) is 0 Å². The normalized spacial score (nSPS) is 20.0. The smallest absolute Gasteiger partial charge is 0.242 e. The van der Waals surface area contributed by atoms with Gasteiger partial charge in [-0.05, 0) is 49.2 Å². The van der Waals surface area contributed by atoms with Crippen LogP contribution in [0.1, 0.15) is 30.0 Å². The molecule has 3 aromatic rings. The topological polar surface area (TPSA) is 67.2 Å². The highest BCUT2D eigenvalue weighted by Gasteiger charge is 2.57. The van der Waals surface area contributed by atoms with E-state index in [1.54, 1.807) is 27.9 Å². The van der Waals surface area contributed by atoms with Crippen LogP contribution in [0.5, 0.6) is 0 Å². The fraction of sp³-hybridized carbons (Fsp3) is 0.227. The Morgan fingerprint density at radius 3 is 2.62 bits per heavy atom. The minimum Gasteiger partial charge on any atom is -0.311 e. The highest BCUT2D eigenvalue weighted by Crippen LogP contribution is 2.53. The Labute approximate surface area is 173 Å². The summed E-state index contributed by atoms with van der Waals surface area (Å²) in [6.45, 7) is 4.49.